The van der Waals surface area contributed by atoms with Crippen LogP contribution in [0.3, 0.4) is 0 Å². The van der Waals surface area contributed by atoms with Crippen LogP contribution in [0.15, 0.2) is 36.4 Å². The highest BCUT2D eigenvalue weighted by Gasteiger charge is 2.30. The third-order valence-corrected chi connectivity index (χ3v) is 4.48. The Morgan fingerprint density at radius 1 is 1.33 bits per heavy atom. The summed E-state index contributed by atoms with van der Waals surface area (Å²) in [5.41, 5.74) is 1.37. The number of hydrogen-bond acceptors (Lipinski definition) is 4. The van der Waals surface area contributed by atoms with E-state index in [4.69, 9.17) is 16.3 Å². The van der Waals surface area contributed by atoms with Crippen LogP contribution >= 0.6 is 22.9 Å². The molecule has 0 saturated carbocycles. The molecule has 1 aliphatic heterocycles. The summed E-state index contributed by atoms with van der Waals surface area (Å²) >= 11 is 7.24. The van der Waals surface area contributed by atoms with Gasteiger partial charge in [-0.3, -0.25) is 4.79 Å². The molecule has 0 aliphatic carbocycles. The molecular weight excluding hydrogens is 310 g/mol. The van der Waals surface area contributed by atoms with Gasteiger partial charge in [0.05, 0.1) is 16.4 Å². The third kappa shape index (κ3) is 3.09. The molecule has 2 heterocycles. The van der Waals surface area contributed by atoms with Crippen molar-refractivity contribution in [2.75, 3.05) is 0 Å². The normalized spacial score (nSPS) is 17.0. The van der Waals surface area contributed by atoms with Crippen molar-refractivity contribution in [3.63, 3.8) is 0 Å². The quantitative estimate of drug-likeness (QED) is 0.884. The number of halogens is 1. The Bertz CT molecular complexity index is 698. The van der Waals surface area contributed by atoms with E-state index in [0.29, 0.717) is 22.9 Å². The lowest BCUT2D eigenvalue weighted by Gasteiger charge is -2.23. The second-order valence-electron chi connectivity index (χ2n) is 4.68. The number of amides is 1. The van der Waals surface area contributed by atoms with Gasteiger partial charge in [-0.25, -0.2) is 4.79 Å². The van der Waals surface area contributed by atoms with Crippen molar-refractivity contribution in [2.45, 2.75) is 19.1 Å². The monoisotopic (exact) mass is 321 g/mol. The first kappa shape index (κ1) is 14.1. The SMILES string of the molecule is O=C1OC(C(=O)NCc2ccc(Cl)s2)Cc2ccccc21. The van der Waals surface area contributed by atoms with E-state index in [2.05, 4.69) is 5.32 Å². The second kappa shape index (κ2) is 5.87. The number of fused-ring (bicyclic) bond motifs is 1. The molecule has 108 valence electrons. The number of carbonyl (C=O) groups is 2. The molecular formula is C15H12ClNO3S. The van der Waals surface area contributed by atoms with Crippen LogP contribution in [-0.2, 0) is 22.5 Å². The number of carbonyl (C=O) groups excluding carboxylic acids is 2. The Hall–Kier alpha value is -1.85. The van der Waals surface area contributed by atoms with Crippen molar-refractivity contribution in [3.8, 4) is 0 Å². The van der Waals surface area contributed by atoms with E-state index in [9.17, 15) is 9.59 Å². The lowest BCUT2D eigenvalue weighted by molar-refractivity contribution is -0.130. The minimum atomic E-state index is -0.775. The predicted octanol–water partition coefficient (Wildman–Crippen LogP) is 2.80. The maximum atomic E-state index is 12.1. The van der Waals surface area contributed by atoms with E-state index in [1.54, 1.807) is 18.2 Å². The highest BCUT2D eigenvalue weighted by atomic mass is 35.5. The number of hydrogen-bond donors (Lipinski definition) is 1. The number of rotatable bonds is 3. The van der Waals surface area contributed by atoms with Gasteiger partial charge in [0.2, 0.25) is 0 Å². The van der Waals surface area contributed by atoms with Crippen LogP contribution in [0.1, 0.15) is 20.8 Å². The number of benzene rings is 1. The number of cyclic esters (lactones) is 1. The molecule has 1 amide bonds. The van der Waals surface area contributed by atoms with Crippen LogP contribution in [0.5, 0.6) is 0 Å². The van der Waals surface area contributed by atoms with Gasteiger partial charge in [-0.2, -0.15) is 0 Å². The fourth-order valence-electron chi connectivity index (χ4n) is 2.21. The van der Waals surface area contributed by atoms with E-state index in [1.165, 1.54) is 11.3 Å². The predicted molar refractivity (Wildman–Crippen MR) is 80.5 cm³/mol. The minimum Gasteiger partial charge on any atom is -0.448 e. The third-order valence-electron chi connectivity index (χ3n) is 3.25. The molecule has 0 spiro atoms. The number of esters is 1. The summed E-state index contributed by atoms with van der Waals surface area (Å²) < 4.78 is 5.87. The van der Waals surface area contributed by atoms with Gasteiger partial charge >= 0.3 is 5.97 Å². The van der Waals surface area contributed by atoms with Gasteiger partial charge in [-0.05, 0) is 23.8 Å². The Kier molecular flexibility index (Phi) is 3.94. The van der Waals surface area contributed by atoms with Gasteiger partial charge in [0.15, 0.2) is 6.10 Å². The molecule has 0 saturated heterocycles. The maximum absolute atomic E-state index is 12.1. The van der Waals surface area contributed by atoms with Crippen molar-refractivity contribution in [3.05, 3.63) is 56.7 Å². The largest absolute Gasteiger partial charge is 0.448 e. The first-order chi connectivity index (χ1) is 10.1. The van der Waals surface area contributed by atoms with Gasteiger partial charge in [0.1, 0.15) is 0 Å². The van der Waals surface area contributed by atoms with Gasteiger partial charge in [0, 0.05) is 11.3 Å². The number of thiophene rings is 1. The van der Waals surface area contributed by atoms with Crippen LogP contribution in [-0.4, -0.2) is 18.0 Å². The lowest BCUT2D eigenvalue weighted by Crippen LogP contribution is -2.41. The molecule has 6 heteroatoms. The Morgan fingerprint density at radius 2 is 2.14 bits per heavy atom. The molecule has 3 rings (SSSR count). The van der Waals surface area contributed by atoms with E-state index in [-0.39, 0.29) is 5.91 Å². The first-order valence-electron chi connectivity index (χ1n) is 6.44. The zero-order valence-electron chi connectivity index (χ0n) is 11.0. The second-order valence-corrected chi connectivity index (χ2v) is 6.48. The summed E-state index contributed by atoms with van der Waals surface area (Å²) in [6, 6.07) is 10.8. The molecule has 1 unspecified atom stereocenters. The Balaban J connectivity index is 1.65. The Labute approximate surface area is 130 Å². The van der Waals surface area contributed by atoms with Crippen LogP contribution in [0.2, 0.25) is 4.34 Å². The zero-order valence-corrected chi connectivity index (χ0v) is 12.5. The van der Waals surface area contributed by atoms with Gasteiger partial charge in [-0.15, -0.1) is 11.3 Å². The highest BCUT2D eigenvalue weighted by Crippen LogP contribution is 2.22. The summed E-state index contributed by atoms with van der Waals surface area (Å²) in [4.78, 5) is 24.9. The maximum Gasteiger partial charge on any atom is 0.339 e. The van der Waals surface area contributed by atoms with Gasteiger partial charge < -0.3 is 10.1 Å². The fourth-order valence-corrected chi connectivity index (χ4v) is 3.24. The topological polar surface area (TPSA) is 55.4 Å². The van der Waals surface area contributed by atoms with E-state index in [1.807, 2.05) is 18.2 Å². The number of ether oxygens (including phenoxy) is 1. The molecule has 0 radical (unpaired) electrons. The molecule has 1 atom stereocenters. The molecule has 1 aromatic heterocycles. The van der Waals surface area contributed by atoms with Crippen molar-refractivity contribution in [1.82, 2.24) is 5.32 Å². The fraction of sp³-hybridized carbons (Fsp3) is 0.200. The smallest absolute Gasteiger partial charge is 0.339 e. The first-order valence-corrected chi connectivity index (χ1v) is 7.64. The molecule has 1 N–H and O–H groups in total. The molecule has 2 aromatic rings. The van der Waals surface area contributed by atoms with Crippen LogP contribution in [0.4, 0.5) is 0 Å². The molecule has 0 bridgehead atoms. The zero-order chi connectivity index (χ0) is 14.8. The number of nitrogens with one attached hydrogen (secondary N) is 1. The Morgan fingerprint density at radius 3 is 2.90 bits per heavy atom. The highest BCUT2D eigenvalue weighted by molar-refractivity contribution is 7.16. The summed E-state index contributed by atoms with van der Waals surface area (Å²) in [5, 5.41) is 2.77. The van der Waals surface area contributed by atoms with E-state index in [0.717, 1.165) is 10.4 Å². The van der Waals surface area contributed by atoms with Crippen molar-refractivity contribution in [1.29, 1.82) is 0 Å². The average Bonchev–Trinajstić information content (AvgIpc) is 2.90. The standard InChI is InChI=1S/C15H12ClNO3S/c16-13-6-5-10(21-13)8-17-14(18)12-7-9-3-1-2-4-11(9)15(19)20-12/h1-6,12H,7-8H2,(H,17,18). The lowest BCUT2D eigenvalue weighted by atomic mass is 9.98. The summed E-state index contributed by atoms with van der Waals surface area (Å²) in [6.45, 7) is 0.381. The molecule has 4 nitrogen and oxygen atoms in total. The van der Waals surface area contributed by atoms with Crippen molar-refractivity contribution in [2.24, 2.45) is 0 Å². The summed E-state index contributed by atoms with van der Waals surface area (Å²) in [7, 11) is 0. The minimum absolute atomic E-state index is 0.289. The molecule has 0 fully saturated rings. The molecule has 1 aliphatic rings. The van der Waals surface area contributed by atoms with Crippen molar-refractivity contribution >= 4 is 34.8 Å². The summed E-state index contributed by atoms with van der Waals surface area (Å²) in [5.74, 6) is -0.737. The van der Waals surface area contributed by atoms with Crippen LogP contribution in [0.25, 0.3) is 0 Å². The summed E-state index contributed by atoms with van der Waals surface area (Å²) in [6.07, 6.45) is -0.373. The average molecular weight is 322 g/mol. The van der Waals surface area contributed by atoms with Crippen molar-refractivity contribution < 1.29 is 14.3 Å². The van der Waals surface area contributed by atoms with E-state index >= 15 is 0 Å². The van der Waals surface area contributed by atoms with E-state index < -0.39 is 12.1 Å². The van der Waals surface area contributed by atoms with Crippen LogP contribution in [0, 0.1) is 0 Å². The van der Waals surface area contributed by atoms with Gasteiger partial charge in [0.25, 0.3) is 5.91 Å². The molecule has 21 heavy (non-hydrogen) atoms. The van der Waals surface area contributed by atoms with Gasteiger partial charge in [-0.1, -0.05) is 29.8 Å². The molecule has 1 aromatic carbocycles. The van der Waals surface area contributed by atoms with Crippen LogP contribution < -0.4 is 5.32 Å².